The van der Waals surface area contributed by atoms with Gasteiger partial charge in [-0.3, -0.25) is 15.0 Å². The average Bonchev–Trinajstić information content (AvgIpc) is 3.27. The number of nitrogens with one attached hydrogen (secondary N) is 1. The largest absolute Gasteiger partial charge is 0.299 e. The Morgan fingerprint density at radius 3 is 2.71 bits per heavy atom. The molecule has 0 spiro atoms. The van der Waals surface area contributed by atoms with Gasteiger partial charge in [0.1, 0.15) is 11.0 Å². The number of amides is 1. The van der Waals surface area contributed by atoms with Crippen LogP contribution in [0.5, 0.6) is 0 Å². The second-order valence-corrected chi connectivity index (χ2v) is 7.06. The topological polar surface area (TPSA) is 58.1 Å². The lowest BCUT2D eigenvalue weighted by atomic mass is 10.1. The quantitative estimate of drug-likeness (QED) is 0.726. The molecule has 5 nitrogen and oxygen atoms in total. The third-order valence-electron chi connectivity index (χ3n) is 3.73. The van der Waals surface area contributed by atoms with Gasteiger partial charge in [-0.05, 0) is 30.6 Å². The maximum atomic E-state index is 12.8. The van der Waals surface area contributed by atoms with Gasteiger partial charge in [0.2, 0.25) is 11.0 Å². The minimum absolute atomic E-state index is 0.0985. The van der Waals surface area contributed by atoms with E-state index in [0.29, 0.717) is 5.13 Å². The molecule has 1 N–H and O–H groups in total. The summed E-state index contributed by atoms with van der Waals surface area (Å²) in [7, 11) is 1.94. The molecule has 0 fully saturated rings. The molecule has 0 aliphatic carbocycles. The van der Waals surface area contributed by atoms with Gasteiger partial charge in [-0.1, -0.05) is 48.6 Å². The van der Waals surface area contributed by atoms with Gasteiger partial charge in [0.05, 0.1) is 0 Å². The molecular formula is C17H18N4OS2. The van der Waals surface area contributed by atoms with Gasteiger partial charge in [-0.15, -0.1) is 10.2 Å². The molecule has 124 valence electrons. The highest BCUT2D eigenvalue weighted by molar-refractivity contribution is 7.19. The Labute approximate surface area is 149 Å². The Bertz CT molecular complexity index is 786. The second kappa shape index (κ2) is 7.65. The Morgan fingerprint density at radius 2 is 2.04 bits per heavy atom. The number of thiophene rings is 1. The molecule has 2 heterocycles. The predicted molar refractivity (Wildman–Crippen MR) is 99.3 cm³/mol. The zero-order valence-corrected chi connectivity index (χ0v) is 15.1. The third kappa shape index (κ3) is 3.69. The van der Waals surface area contributed by atoms with Crippen LogP contribution in [-0.2, 0) is 4.79 Å². The number of rotatable bonds is 6. The van der Waals surface area contributed by atoms with Crippen LogP contribution in [-0.4, -0.2) is 34.6 Å². The Hall–Kier alpha value is -2.09. The second-order valence-electron chi connectivity index (χ2n) is 5.30. The Morgan fingerprint density at radius 1 is 1.25 bits per heavy atom. The summed E-state index contributed by atoms with van der Waals surface area (Å²) >= 11 is 3.00. The number of hydrogen-bond acceptors (Lipinski definition) is 6. The third-order valence-corrected chi connectivity index (χ3v) is 5.30. The van der Waals surface area contributed by atoms with E-state index in [9.17, 15) is 4.79 Å². The number of carbonyl (C=O) groups excluding carboxylic acids is 1. The Kier molecular flexibility index (Phi) is 5.34. The van der Waals surface area contributed by atoms with Crippen molar-refractivity contribution < 1.29 is 4.79 Å². The molecule has 1 atom stereocenters. The number of benzene rings is 1. The average molecular weight is 358 g/mol. The molecule has 2 aromatic heterocycles. The van der Waals surface area contributed by atoms with Gasteiger partial charge < -0.3 is 0 Å². The zero-order chi connectivity index (χ0) is 16.9. The maximum absolute atomic E-state index is 12.8. The minimum atomic E-state index is -0.357. The van der Waals surface area contributed by atoms with E-state index in [1.54, 1.807) is 11.3 Å². The lowest BCUT2D eigenvalue weighted by molar-refractivity contribution is -0.121. The van der Waals surface area contributed by atoms with E-state index in [-0.39, 0.29) is 11.9 Å². The monoisotopic (exact) mass is 358 g/mol. The first kappa shape index (κ1) is 16.8. The predicted octanol–water partition coefficient (Wildman–Crippen LogP) is 3.90. The van der Waals surface area contributed by atoms with Crippen molar-refractivity contribution in [2.75, 3.05) is 18.9 Å². The molecule has 24 heavy (non-hydrogen) atoms. The summed E-state index contributed by atoms with van der Waals surface area (Å²) in [6.45, 7) is 2.80. The SMILES string of the molecule is CCN(C)[C@H](C(=O)Nc1nnc(-c2ccsc2)s1)c1ccccc1. The number of hydrogen-bond donors (Lipinski definition) is 1. The molecular weight excluding hydrogens is 340 g/mol. The summed E-state index contributed by atoms with van der Waals surface area (Å²) < 4.78 is 0. The number of carbonyl (C=O) groups is 1. The summed E-state index contributed by atoms with van der Waals surface area (Å²) in [4.78, 5) is 14.8. The van der Waals surface area contributed by atoms with Gasteiger partial charge in [0, 0.05) is 10.9 Å². The highest BCUT2D eigenvalue weighted by atomic mass is 32.1. The van der Waals surface area contributed by atoms with Crippen LogP contribution in [0.1, 0.15) is 18.5 Å². The molecule has 0 radical (unpaired) electrons. The van der Waals surface area contributed by atoms with E-state index in [2.05, 4.69) is 15.5 Å². The number of likely N-dealkylation sites (N-methyl/N-ethyl adjacent to an activating group) is 1. The van der Waals surface area contributed by atoms with Crippen molar-refractivity contribution in [3.63, 3.8) is 0 Å². The van der Waals surface area contributed by atoms with Crippen molar-refractivity contribution in [1.29, 1.82) is 0 Å². The van der Waals surface area contributed by atoms with Crippen LogP contribution >= 0.6 is 22.7 Å². The molecule has 0 aliphatic heterocycles. The molecule has 3 aromatic rings. The molecule has 0 aliphatic rings. The molecule has 0 unspecified atom stereocenters. The maximum Gasteiger partial charge on any atom is 0.248 e. The van der Waals surface area contributed by atoms with Crippen LogP contribution in [0.3, 0.4) is 0 Å². The van der Waals surface area contributed by atoms with Crippen molar-refractivity contribution in [3.8, 4) is 10.6 Å². The van der Waals surface area contributed by atoms with Crippen molar-refractivity contribution in [3.05, 3.63) is 52.7 Å². The fourth-order valence-corrected chi connectivity index (χ4v) is 3.83. The Balaban J connectivity index is 1.79. The van der Waals surface area contributed by atoms with Crippen LogP contribution in [0, 0.1) is 0 Å². The van der Waals surface area contributed by atoms with E-state index < -0.39 is 0 Å². The van der Waals surface area contributed by atoms with Crippen LogP contribution in [0.4, 0.5) is 5.13 Å². The van der Waals surface area contributed by atoms with Gasteiger partial charge in [0.15, 0.2) is 0 Å². The number of nitrogens with zero attached hydrogens (tertiary/aromatic N) is 3. The van der Waals surface area contributed by atoms with Crippen molar-refractivity contribution in [2.45, 2.75) is 13.0 Å². The van der Waals surface area contributed by atoms with E-state index in [1.165, 1.54) is 11.3 Å². The van der Waals surface area contributed by atoms with Crippen molar-refractivity contribution in [1.82, 2.24) is 15.1 Å². The highest BCUT2D eigenvalue weighted by Crippen LogP contribution is 2.29. The van der Waals surface area contributed by atoms with E-state index >= 15 is 0 Å². The molecule has 0 bridgehead atoms. The zero-order valence-electron chi connectivity index (χ0n) is 13.5. The first-order valence-corrected chi connectivity index (χ1v) is 9.37. The molecule has 0 saturated carbocycles. The van der Waals surface area contributed by atoms with E-state index in [1.807, 2.05) is 66.0 Å². The fraction of sp³-hybridized carbons (Fsp3) is 0.235. The standard InChI is InChI=1S/C17H18N4OS2/c1-3-21(2)14(12-7-5-4-6-8-12)15(22)18-17-20-19-16(24-17)13-9-10-23-11-13/h4-11,14H,3H2,1-2H3,(H,18,20,22)/t14-/m0/s1. The summed E-state index contributed by atoms with van der Waals surface area (Å²) in [6, 6.07) is 11.4. The van der Waals surface area contributed by atoms with Gasteiger partial charge in [0.25, 0.3) is 0 Å². The van der Waals surface area contributed by atoms with Crippen LogP contribution in [0.2, 0.25) is 0 Å². The molecule has 7 heteroatoms. The van der Waals surface area contributed by atoms with Gasteiger partial charge in [-0.25, -0.2) is 0 Å². The fourth-order valence-electron chi connectivity index (χ4n) is 2.37. The number of aromatic nitrogens is 2. The first-order chi connectivity index (χ1) is 11.7. The van der Waals surface area contributed by atoms with Crippen molar-refractivity contribution in [2.24, 2.45) is 0 Å². The first-order valence-electron chi connectivity index (χ1n) is 7.61. The van der Waals surface area contributed by atoms with Crippen molar-refractivity contribution >= 4 is 33.7 Å². The lowest BCUT2D eigenvalue weighted by Crippen LogP contribution is -2.34. The lowest BCUT2D eigenvalue weighted by Gasteiger charge is -2.25. The smallest absolute Gasteiger partial charge is 0.248 e. The summed E-state index contributed by atoms with van der Waals surface area (Å²) in [5.74, 6) is -0.0985. The highest BCUT2D eigenvalue weighted by Gasteiger charge is 2.25. The molecule has 3 rings (SSSR count). The van der Waals surface area contributed by atoms with Crippen LogP contribution in [0.15, 0.2) is 47.2 Å². The molecule has 1 amide bonds. The number of anilines is 1. The summed E-state index contributed by atoms with van der Waals surface area (Å²) in [5.41, 5.74) is 1.99. The minimum Gasteiger partial charge on any atom is -0.299 e. The molecule has 1 aromatic carbocycles. The van der Waals surface area contributed by atoms with Crippen LogP contribution < -0.4 is 5.32 Å². The summed E-state index contributed by atoms with van der Waals surface area (Å²) in [5, 5.41) is 16.5. The van der Waals surface area contributed by atoms with E-state index in [0.717, 1.165) is 22.7 Å². The molecule has 0 saturated heterocycles. The van der Waals surface area contributed by atoms with E-state index in [4.69, 9.17) is 0 Å². The van der Waals surface area contributed by atoms with Gasteiger partial charge >= 0.3 is 0 Å². The van der Waals surface area contributed by atoms with Crippen LogP contribution in [0.25, 0.3) is 10.6 Å². The normalized spacial score (nSPS) is 12.3. The summed E-state index contributed by atoms with van der Waals surface area (Å²) in [6.07, 6.45) is 0. The van der Waals surface area contributed by atoms with Gasteiger partial charge in [-0.2, -0.15) is 11.3 Å².